The fraction of sp³-hybridized carbons (Fsp3) is 0.562. The highest BCUT2D eigenvalue weighted by Crippen LogP contribution is 2.43. The summed E-state index contributed by atoms with van der Waals surface area (Å²) in [5.74, 6) is 0.768. The number of hydrogen-bond donors (Lipinski definition) is 0. The first-order valence-electron chi connectivity index (χ1n) is 6.66. The predicted molar refractivity (Wildman–Crippen MR) is 72.2 cm³/mol. The van der Waals surface area contributed by atoms with E-state index in [-0.39, 0.29) is 11.2 Å². The number of benzene rings is 1. The predicted octanol–water partition coefficient (Wildman–Crippen LogP) is 3.60. The van der Waals surface area contributed by atoms with Gasteiger partial charge in [0.25, 0.3) is 0 Å². The van der Waals surface area contributed by atoms with Gasteiger partial charge in [-0.25, -0.2) is 0 Å². The number of Topliss-reactive ketones (excluding diaryl/α,β-unsaturated/α-hetero) is 1. The van der Waals surface area contributed by atoms with Crippen molar-refractivity contribution in [2.75, 3.05) is 0 Å². The van der Waals surface area contributed by atoms with Crippen LogP contribution >= 0.6 is 0 Å². The van der Waals surface area contributed by atoms with Crippen LogP contribution in [0.2, 0.25) is 0 Å². The molecule has 0 N–H and O–H groups in total. The molecule has 2 heteroatoms. The molecule has 2 nitrogen and oxygen atoms in total. The lowest BCUT2D eigenvalue weighted by Crippen LogP contribution is -2.43. The first-order chi connectivity index (χ1) is 8.50. The number of carbonyl (C=O) groups is 1. The normalized spacial score (nSPS) is 23.5. The Morgan fingerprint density at radius 1 is 1.28 bits per heavy atom. The van der Waals surface area contributed by atoms with Gasteiger partial charge in [0.2, 0.25) is 0 Å². The third-order valence-corrected chi connectivity index (χ3v) is 4.35. The van der Waals surface area contributed by atoms with Crippen LogP contribution in [0.5, 0.6) is 0 Å². The second kappa shape index (κ2) is 5.23. The van der Waals surface area contributed by atoms with Crippen LogP contribution in [0.15, 0.2) is 30.3 Å². The molecule has 1 fully saturated rings. The summed E-state index contributed by atoms with van der Waals surface area (Å²) in [5.41, 5.74) is 1.03. The Balaban J connectivity index is 1.76. The highest BCUT2D eigenvalue weighted by atomic mass is 16.5. The summed E-state index contributed by atoms with van der Waals surface area (Å²) in [6.07, 6.45) is 2.35. The number of carbonyl (C=O) groups excluding carboxylic acids is 1. The molecule has 0 aromatic heterocycles. The van der Waals surface area contributed by atoms with Gasteiger partial charge in [0, 0.05) is 5.41 Å². The maximum atomic E-state index is 11.5. The molecule has 0 heterocycles. The molecule has 18 heavy (non-hydrogen) atoms. The SMILES string of the molecule is CC(=O)C(C)(C)C1CC(OCc2ccccc2)C1. The maximum Gasteiger partial charge on any atom is 0.135 e. The van der Waals surface area contributed by atoms with E-state index >= 15 is 0 Å². The standard InChI is InChI=1S/C16H22O2/c1-12(17)16(2,3)14-9-15(10-14)18-11-13-7-5-4-6-8-13/h4-8,14-15H,9-11H2,1-3H3. The van der Waals surface area contributed by atoms with Crippen molar-refractivity contribution in [3.63, 3.8) is 0 Å². The van der Waals surface area contributed by atoms with E-state index < -0.39 is 0 Å². The molecule has 0 bridgehead atoms. The molecule has 0 amide bonds. The zero-order valence-corrected chi connectivity index (χ0v) is 11.5. The third-order valence-electron chi connectivity index (χ3n) is 4.35. The zero-order chi connectivity index (χ0) is 13.2. The zero-order valence-electron chi connectivity index (χ0n) is 11.5. The molecular formula is C16H22O2. The second-order valence-corrected chi connectivity index (χ2v) is 5.86. The minimum atomic E-state index is -0.188. The Morgan fingerprint density at radius 2 is 1.89 bits per heavy atom. The average Bonchev–Trinajstić information content (AvgIpc) is 2.27. The van der Waals surface area contributed by atoms with Crippen molar-refractivity contribution in [1.29, 1.82) is 0 Å². The maximum absolute atomic E-state index is 11.5. The molecule has 98 valence electrons. The van der Waals surface area contributed by atoms with E-state index in [9.17, 15) is 4.79 Å². The number of hydrogen-bond acceptors (Lipinski definition) is 2. The molecule has 0 spiro atoms. The van der Waals surface area contributed by atoms with Crippen molar-refractivity contribution in [3.05, 3.63) is 35.9 Å². The highest BCUT2D eigenvalue weighted by molar-refractivity contribution is 5.81. The summed E-state index contributed by atoms with van der Waals surface area (Å²) in [7, 11) is 0. The summed E-state index contributed by atoms with van der Waals surface area (Å²) in [5, 5.41) is 0. The first kappa shape index (κ1) is 13.3. The monoisotopic (exact) mass is 246 g/mol. The van der Waals surface area contributed by atoms with Crippen molar-refractivity contribution in [2.45, 2.75) is 46.3 Å². The Labute approximate surface area is 109 Å². The quantitative estimate of drug-likeness (QED) is 0.793. The van der Waals surface area contributed by atoms with Crippen molar-refractivity contribution in [3.8, 4) is 0 Å². The molecule has 0 unspecified atom stereocenters. The smallest absolute Gasteiger partial charge is 0.135 e. The lowest BCUT2D eigenvalue weighted by atomic mass is 9.64. The van der Waals surface area contributed by atoms with Gasteiger partial charge >= 0.3 is 0 Å². The summed E-state index contributed by atoms with van der Waals surface area (Å²) >= 11 is 0. The van der Waals surface area contributed by atoms with Gasteiger partial charge in [-0.2, -0.15) is 0 Å². The summed E-state index contributed by atoms with van der Waals surface area (Å²) in [6.45, 7) is 6.47. The number of ketones is 1. The average molecular weight is 246 g/mol. The van der Waals surface area contributed by atoms with Gasteiger partial charge in [0.15, 0.2) is 0 Å². The van der Waals surface area contributed by atoms with Gasteiger partial charge in [0.05, 0.1) is 12.7 Å². The fourth-order valence-electron chi connectivity index (χ4n) is 2.37. The summed E-state index contributed by atoms with van der Waals surface area (Å²) in [4.78, 5) is 11.5. The van der Waals surface area contributed by atoms with Gasteiger partial charge in [-0.05, 0) is 31.2 Å². The summed E-state index contributed by atoms with van der Waals surface area (Å²) < 4.78 is 5.86. The molecule has 1 aromatic carbocycles. The minimum absolute atomic E-state index is 0.188. The molecule has 0 radical (unpaired) electrons. The third kappa shape index (κ3) is 2.81. The Bertz CT molecular complexity index is 402. The fourth-order valence-corrected chi connectivity index (χ4v) is 2.37. The van der Waals surface area contributed by atoms with Crippen molar-refractivity contribution < 1.29 is 9.53 Å². The van der Waals surface area contributed by atoms with Crippen LogP contribution in [0.3, 0.4) is 0 Å². The topological polar surface area (TPSA) is 26.3 Å². The molecule has 1 saturated carbocycles. The molecule has 0 saturated heterocycles. The Kier molecular flexibility index (Phi) is 3.86. The van der Waals surface area contributed by atoms with Crippen molar-refractivity contribution in [1.82, 2.24) is 0 Å². The van der Waals surface area contributed by atoms with E-state index in [1.807, 2.05) is 32.0 Å². The van der Waals surface area contributed by atoms with Crippen LogP contribution in [0, 0.1) is 11.3 Å². The Hall–Kier alpha value is -1.15. The van der Waals surface area contributed by atoms with Gasteiger partial charge in [-0.1, -0.05) is 44.2 Å². The number of rotatable bonds is 5. The van der Waals surface area contributed by atoms with Crippen molar-refractivity contribution >= 4 is 5.78 Å². The van der Waals surface area contributed by atoms with Crippen LogP contribution in [0.4, 0.5) is 0 Å². The molecule has 0 atom stereocenters. The highest BCUT2D eigenvalue weighted by Gasteiger charge is 2.43. The first-order valence-corrected chi connectivity index (χ1v) is 6.66. The lowest BCUT2D eigenvalue weighted by Gasteiger charge is -2.43. The largest absolute Gasteiger partial charge is 0.374 e. The van der Waals surface area contributed by atoms with E-state index in [1.54, 1.807) is 6.92 Å². The van der Waals surface area contributed by atoms with Gasteiger partial charge in [-0.3, -0.25) is 4.79 Å². The molecule has 0 aliphatic heterocycles. The van der Waals surface area contributed by atoms with Crippen LogP contribution in [0.1, 0.15) is 39.2 Å². The second-order valence-electron chi connectivity index (χ2n) is 5.86. The minimum Gasteiger partial charge on any atom is -0.374 e. The van der Waals surface area contributed by atoms with Gasteiger partial charge < -0.3 is 4.74 Å². The van der Waals surface area contributed by atoms with Crippen LogP contribution in [-0.2, 0) is 16.1 Å². The molecule has 1 aromatic rings. The van der Waals surface area contributed by atoms with Crippen LogP contribution < -0.4 is 0 Å². The van der Waals surface area contributed by atoms with Crippen LogP contribution in [-0.4, -0.2) is 11.9 Å². The Morgan fingerprint density at radius 3 is 2.44 bits per heavy atom. The molecule has 2 rings (SSSR count). The van der Waals surface area contributed by atoms with Gasteiger partial charge in [-0.15, -0.1) is 0 Å². The van der Waals surface area contributed by atoms with Gasteiger partial charge in [0.1, 0.15) is 5.78 Å². The molecule has 1 aliphatic rings. The summed E-state index contributed by atoms with van der Waals surface area (Å²) in [6, 6.07) is 10.2. The molecular weight excluding hydrogens is 224 g/mol. The van der Waals surface area contributed by atoms with E-state index in [1.165, 1.54) is 5.56 Å². The van der Waals surface area contributed by atoms with Crippen molar-refractivity contribution in [2.24, 2.45) is 11.3 Å². The van der Waals surface area contributed by atoms with E-state index in [0.29, 0.717) is 18.6 Å². The van der Waals surface area contributed by atoms with Crippen LogP contribution in [0.25, 0.3) is 0 Å². The lowest BCUT2D eigenvalue weighted by molar-refractivity contribution is -0.135. The molecule has 1 aliphatic carbocycles. The van der Waals surface area contributed by atoms with E-state index in [2.05, 4.69) is 12.1 Å². The van der Waals surface area contributed by atoms with E-state index in [4.69, 9.17) is 4.74 Å². The van der Waals surface area contributed by atoms with E-state index in [0.717, 1.165) is 12.8 Å². The number of ether oxygens (including phenoxy) is 1.